The summed E-state index contributed by atoms with van der Waals surface area (Å²) in [5.41, 5.74) is 0. The molecule has 28 heavy (non-hydrogen) atoms. The summed E-state index contributed by atoms with van der Waals surface area (Å²) < 4.78 is 9.41. The molecule has 0 bridgehead atoms. The number of carbonyl (C=O) groups is 2. The summed E-state index contributed by atoms with van der Waals surface area (Å²) in [5.74, 6) is 0.0186. The van der Waals surface area contributed by atoms with Crippen LogP contribution < -0.4 is 5.32 Å². The van der Waals surface area contributed by atoms with Crippen LogP contribution in [0.3, 0.4) is 0 Å². The van der Waals surface area contributed by atoms with Gasteiger partial charge >= 0.3 is 6.16 Å². The van der Waals surface area contributed by atoms with E-state index in [9.17, 15) is 9.59 Å². The third-order valence-electron chi connectivity index (χ3n) is 4.57. The van der Waals surface area contributed by atoms with Crippen molar-refractivity contribution in [2.45, 2.75) is 104 Å². The van der Waals surface area contributed by atoms with Crippen molar-refractivity contribution in [2.75, 3.05) is 19.8 Å². The van der Waals surface area contributed by atoms with E-state index in [1.54, 1.807) is 6.92 Å². The van der Waals surface area contributed by atoms with E-state index in [0.29, 0.717) is 19.6 Å². The van der Waals surface area contributed by atoms with Crippen molar-refractivity contribution < 1.29 is 19.1 Å². The standard InChI is InChI=1S/C23H43NO4/c1-3-5-6-7-8-9-10-11-12-13-14-15-16-17-18-19-22(25)24-20-21-28-23(26)27-4-2/h11-12H,3-10,13-21H2,1-2H3,(H,24,25)/b12-11-. The van der Waals surface area contributed by atoms with Crippen LogP contribution >= 0.6 is 0 Å². The number of hydrogen-bond donors (Lipinski definition) is 1. The predicted octanol–water partition coefficient (Wildman–Crippen LogP) is 6.31. The monoisotopic (exact) mass is 397 g/mol. The second-order valence-corrected chi connectivity index (χ2v) is 7.22. The Labute approximate surface area is 172 Å². The Balaban J connectivity index is 3.26. The molecule has 0 saturated carbocycles. The Morgan fingerprint density at radius 1 is 0.750 bits per heavy atom. The zero-order valence-corrected chi connectivity index (χ0v) is 18.3. The minimum atomic E-state index is -0.686. The van der Waals surface area contributed by atoms with Gasteiger partial charge in [0.1, 0.15) is 6.61 Å². The fraction of sp³-hybridized carbons (Fsp3) is 0.826. The van der Waals surface area contributed by atoms with Gasteiger partial charge in [0.2, 0.25) is 5.91 Å². The van der Waals surface area contributed by atoms with E-state index < -0.39 is 6.16 Å². The van der Waals surface area contributed by atoms with E-state index in [4.69, 9.17) is 4.74 Å². The van der Waals surface area contributed by atoms with Crippen LogP contribution in [0.1, 0.15) is 104 Å². The molecule has 0 aromatic carbocycles. The van der Waals surface area contributed by atoms with E-state index >= 15 is 0 Å². The van der Waals surface area contributed by atoms with Gasteiger partial charge in [-0.15, -0.1) is 0 Å². The molecule has 0 unspecified atom stereocenters. The van der Waals surface area contributed by atoms with Crippen molar-refractivity contribution in [1.29, 1.82) is 0 Å². The van der Waals surface area contributed by atoms with Crippen LogP contribution in [-0.4, -0.2) is 31.8 Å². The fourth-order valence-corrected chi connectivity index (χ4v) is 2.93. The minimum Gasteiger partial charge on any atom is -0.435 e. The Morgan fingerprint density at radius 2 is 1.32 bits per heavy atom. The van der Waals surface area contributed by atoms with E-state index in [-0.39, 0.29) is 12.5 Å². The quantitative estimate of drug-likeness (QED) is 0.157. The fourth-order valence-electron chi connectivity index (χ4n) is 2.93. The Morgan fingerprint density at radius 3 is 1.93 bits per heavy atom. The highest BCUT2D eigenvalue weighted by atomic mass is 16.7. The molecule has 5 nitrogen and oxygen atoms in total. The number of hydrogen-bond acceptors (Lipinski definition) is 4. The first-order chi connectivity index (χ1) is 13.7. The summed E-state index contributed by atoms with van der Waals surface area (Å²) in [5, 5.41) is 2.75. The maximum absolute atomic E-state index is 11.7. The average molecular weight is 398 g/mol. The topological polar surface area (TPSA) is 64.6 Å². The molecule has 0 saturated heterocycles. The molecule has 0 spiro atoms. The molecule has 0 radical (unpaired) electrons. The van der Waals surface area contributed by atoms with Gasteiger partial charge in [0.05, 0.1) is 13.2 Å². The maximum Gasteiger partial charge on any atom is 0.508 e. The normalized spacial score (nSPS) is 10.9. The summed E-state index contributed by atoms with van der Waals surface area (Å²) in [6.45, 7) is 4.76. The molecule has 5 heteroatoms. The highest BCUT2D eigenvalue weighted by Crippen LogP contribution is 2.09. The molecular formula is C23H43NO4. The maximum atomic E-state index is 11.7. The smallest absolute Gasteiger partial charge is 0.435 e. The largest absolute Gasteiger partial charge is 0.508 e. The van der Waals surface area contributed by atoms with Crippen molar-refractivity contribution in [1.82, 2.24) is 5.32 Å². The highest BCUT2D eigenvalue weighted by molar-refractivity contribution is 5.75. The summed E-state index contributed by atoms with van der Waals surface area (Å²) in [7, 11) is 0. The number of nitrogens with one attached hydrogen (secondary N) is 1. The van der Waals surface area contributed by atoms with Crippen molar-refractivity contribution in [3.8, 4) is 0 Å². The summed E-state index contributed by atoms with van der Waals surface area (Å²) in [6, 6.07) is 0. The van der Waals surface area contributed by atoms with Crippen molar-refractivity contribution >= 4 is 12.1 Å². The Hall–Kier alpha value is -1.52. The Bertz CT molecular complexity index is 396. The highest BCUT2D eigenvalue weighted by Gasteiger charge is 2.03. The van der Waals surface area contributed by atoms with Gasteiger partial charge < -0.3 is 14.8 Å². The lowest BCUT2D eigenvalue weighted by Crippen LogP contribution is -2.27. The average Bonchev–Trinajstić information content (AvgIpc) is 2.68. The SMILES string of the molecule is CCCCCCCC/C=C\CCCCCCCC(=O)NCCOC(=O)OCC. The first-order valence-corrected chi connectivity index (χ1v) is 11.4. The van der Waals surface area contributed by atoms with Crippen LogP contribution in [0.25, 0.3) is 0 Å². The molecule has 0 fully saturated rings. The third kappa shape index (κ3) is 20.8. The zero-order valence-electron chi connectivity index (χ0n) is 18.3. The molecule has 0 aliphatic rings. The van der Waals surface area contributed by atoms with E-state index in [1.807, 2.05) is 0 Å². The molecule has 0 atom stereocenters. The van der Waals surface area contributed by atoms with Gasteiger partial charge in [-0.1, -0.05) is 70.4 Å². The lowest BCUT2D eigenvalue weighted by atomic mass is 10.1. The van der Waals surface area contributed by atoms with Crippen LogP contribution in [0.15, 0.2) is 12.2 Å². The van der Waals surface area contributed by atoms with Crippen LogP contribution in [0.2, 0.25) is 0 Å². The van der Waals surface area contributed by atoms with Crippen LogP contribution in [-0.2, 0) is 14.3 Å². The third-order valence-corrected chi connectivity index (χ3v) is 4.57. The summed E-state index contributed by atoms with van der Waals surface area (Å²) >= 11 is 0. The first kappa shape index (κ1) is 26.5. The van der Waals surface area contributed by atoms with Gasteiger partial charge in [-0.25, -0.2) is 4.79 Å². The summed E-state index contributed by atoms with van der Waals surface area (Å²) in [4.78, 5) is 22.6. The van der Waals surface area contributed by atoms with Crippen molar-refractivity contribution in [3.05, 3.63) is 12.2 Å². The van der Waals surface area contributed by atoms with Crippen LogP contribution in [0.4, 0.5) is 4.79 Å². The van der Waals surface area contributed by atoms with E-state index in [2.05, 4.69) is 29.1 Å². The van der Waals surface area contributed by atoms with Crippen molar-refractivity contribution in [2.24, 2.45) is 0 Å². The zero-order chi connectivity index (χ0) is 20.7. The van der Waals surface area contributed by atoms with Crippen LogP contribution in [0.5, 0.6) is 0 Å². The van der Waals surface area contributed by atoms with Gasteiger partial charge in [-0.3, -0.25) is 4.79 Å². The Kier molecular flexibility index (Phi) is 20.6. The molecule has 0 rings (SSSR count). The number of rotatable bonds is 19. The molecule has 0 heterocycles. The van der Waals surface area contributed by atoms with Gasteiger partial charge in [-0.2, -0.15) is 0 Å². The van der Waals surface area contributed by atoms with Gasteiger partial charge in [0.25, 0.3) is 0 Å². The molecule has 164 valence electrons. The number of ether oxygens (including phenoxy) is 2. The van der Waals surface area contributed by atoms with Gasteiger partial charge in [0.15, 0.2) is 0 Å². The molecule has 1 N–H and O–H groups in total. The molecule has 0 aliphatic carbocycles. The first-order valence-electron chi connectivity index (χ1n) is 11.4. The number of unbranched alkanes of at least 4 members (excludes halogenated alkanes) is 11. The van der Waals surface area contributed by atoms with E-state index in [0.717, 1.165) is 12.8 Å². The number of allylic oxidation sites excluding steroid dienone is 2. The predicted molar refractivity (Wildman–Crippen MR) is 115 cm³/mol. The van der Waals surface area contributed by atoms with Gasteiger partial charge in [0, 0.05) is 6.42 Å². The molecular weight excluding hydrogens is 354 g/mol. The molecule has 0 aromatic heterocycles. The molecule has 0 aromatic rings. The van der Waals surface area contributed by atoms with Crippen LogP contribution in [0, 0.1) is 0 Å². The lowest BCUT2D eigenvalue weighted by molar-refractivity contribution is -0.121. The van der Waals surface area contributed by atoms with Crippen molar-refractivity contribution in [3.63, 3.8) is 0 Å². The second kappa shape index (κ2) is 21.8. The molecule has 1 amide bonds. The van der Waals surface area contributed by atoms with Gasteiger partial charge in [-0.05, 0) is 39.0 Å². The number of carbonyl (C=O) groups excluding carboxylic acids is 2. The number of amides is 1. The minimum absolute atomic E-state index is 0.0186. The lowest BCUT2D eigenvalue weighted by Gasteiger charge is -2.06. The second-order valence-electron chi connectivity index (χ2n) is 7.22. The molecule has 0 aliphatic heterocycles. The van der Waals surface area contributed by atoms with E-state index in [1.165, 1.54) is 70.6 Å². The summed E-state index contributed by atoms with van der Waals surface area (Å²) in [6.07, 6.45) is 20.8.